The van der Waals surface area contributed by atoms with Crippen LogP contribution in [0, 0.1) is 0 Å². The first kappa shape index (κ1) is 18.8. The van der Waals surface area contributed by atoms with Crippen molar-refractivity contribution >= 4 is 16.9 Å². The van der Waals surface area contributed by atoms with Gasteiger partial charge in [-0.05, 0) is 30.5 Å². The van der Waals surface area contributed by atoms with Gasteiger partial charge < -0.3 is 14.2 Å². The summed E-state index contributed by atoms with van der Waals surface area (Å²) in [7, 11) is 1.36. The van der Waals surface area contributed by atoms with E-state index in [1.165, 1.54) is 13.4 Å². The monoisotopic (exact) mass is 366 g/mol. The second-order valence-electron chi connectivity index (χ2n) is 5.94. The van der Waals surface area contributed by atoms with Crippen LogP contribution >= 0.6 is 0 Å². The number of esters is 1. The van der Waals surface area contributed by atoms with Gasteiger partial charge in [-0.2, -0.15) is 0 Å². The molecule has 0 bridgehead atoms. The number of benzene rings is 2. The summed E-state index contributed by atoms with van der Waals surface area (Å²) < 4.78 is 16.4. The first-order chi connectivity index (χ1) is 13.3. The van der Waals surface area contributed by atoms with Crippen LogP contribution in [0.5, 0.6) is 5.88 Å². The Morgan fingerprint density at radius 1 is 0.963 bits per heavy atom. The molecule has 0 aliphatic heterocycles. The van der Waals surface area contributed by atoms with E-state index >= 15 is 0 Å². The fourth-order valence-electron chi connectivity index (χ4n) is 2.70. The Balaban J connectivity index is 1.46. The fourth-order valence-corrected chi connectivity index (χ4v) is 2.70. The zero-order chi connectivity index (χ0) is 18.9. The van der Waals surface area contributed by atoms with Crippen molar-refractivity contribution in [2.75, 3.05) is 20.3 Å². The summed E-state index contributed by atoms with van der Waals surface area (Å²) in [5.41, 5.74) is 1.64. The number of carbonyl (C=O) groups excluding carboxylic acids is 1. The minimum atomic E-state index is -0.706. The van der Waals surface area contributed by atoms with E-state index in [0.29, 0.717) is 19.1 Å². The van der Waals surface area contributed by atoms with E-state index in [9.17, 15) is 4.79 Å². The predicted molar refractivity (Wildman–Crippen MR) is 101 cm³/mol. The number of rotatable bonds is 9. The van der Waals surface area contributed by atoms with Crippen molar-refractivity contribution in [3.05, 3.63) is 66.5 Å². The molecule has 0 radical (unpaired) electrons. The van der Waals surface area contributed by atoms with Gasteiger partial charge in [-0.15, -0.1) is 0 Å². The first-order valence-electron chi connectivity index (χ1n) is 8.86. The van der Waals surface area contributed by atoms with Gasteiger partial charge in [-0.25, -0.2) is 14.8 Å². The number of ether oxygens (including phenoxy) is 3. The molecule has 0 spiro atoms. The molecule has 0 aliphatic carbocycles. The Bertz CT molecular complexity index is 865. The maximum atomic E-state index is 12.0. The van der Waals surface area contributed by atoms with Crippen LogP contribution in [0.1, 0.15) is 24.5 Å². The van der Waals surface area contributed by atoms with Crippen LogP contribution in [-0.4, -0.2) is 36.3 Å². The first-order valence-corrected chi connectivity index (χ1v) is 8.86. The maximum absolute atomic E-state index is 12.0. The van der Waals surface area contributed by atoms with Crippen LogP contribution in [0.3, 0.4) is 0 Å². The molecule has 2 aromatic carbocycles. The van der Waals surface area contributed by atoms with Crippen LogP contribution in [0.2, 0.25) is 0 Å². The number of hydrogen-bond acceptors (Lipinski definition) is 6. The summed E-state index contributed by atoms with van der Waals surface area (Å²) in [5.74, 6) is 0.183. The summed E-state index contributed by atoms with van der Waals surface area (Å²) in [4.78, 5) is 20.4. The molecule has 1 heterocycles. The number of methoxy groups -OCH3 is 1. The zero-order valence-electron chi connectivity index (χ0n) is 15.2. The molecule has 6 heteroatoms. The molecule has 1 unspecified atom stereocenters. The average molecular weight is 366 g/mol. The minimum Gasteiger partial charge on any atom is -0.477 e. The molecule has 1 aromatic heterocycles. The number of nitrogens with zero attached hydrogens (tertiary/aromatic N) is 2. The summed E-state index contributed by atoms with van der Waals surface area (Å²) in [6.07, 6.45) is 2.33. The highest BCUT2D eigenvalue weighted by molar-refractivity contribution is 5.82. The number of hydrogen-bond donors (Lipinski definition) is 0. The van der Waals surface area contributed by atoms with Gasteiger partial charge in [0, 0.05) is 6.61 Å². The van der Waals surface area contributed by atoms with Gasteiger partial charge in [0.15, 0.2) is 6.10 Å². The van der Waals surface area contributed by atoms with Crippen LogP contribution in [0.25, 0.3) is 10.9 Å². The average Bonchev–Trinajstić information content (AvgIpc) is 2.73. The molecule has 0 saturated heterocycles. The largest absolute Gasteiger partial charge is 0.477 e. The van der Waals surface area contributed by atoms with Crippen molar-refractivity contribution in [1.29, 1.82) is 0 Å². The molecule has 0 N–H and O–H groups in total. The van der Waals surface area contributed by atoms with Crippen LogP contribution in [-0.2, 0) is 14.3 Å². The molecule has 0 amide bonds. The summed E-state index contributed by atoms with van der Waals surface area (Å²) in [6.45, 7) is 0.946. The Hall–Kier alpha value is -2.99. The van der Waals surface area contributed by atoms with Crippen molar-refractivity contribution in [3.63, 3.8) is 0 Å². The maximum Gasteiger partial charge on any atom is 0.339 e. The third-order valence-electron chi connectivity index (χ3n) is 4.09. The molecule has 3 rings (SSSR count). The van der Waals surface area contributed by atoms with Gasteiger partial charge in [0.1, 0.15) is 6.33 Å². The third kappa shape index (κ3) is 5.01. The number of para-hydroxylation sites is 1. The van der Waals surface area contributed by atoms with Gasteiger partial charge in [0.25, 0.3) is 0 Å². The topological polar surface area (TPSA) is 70.5 Å². The number of unbranched alkanes of at least 4 members (excludes halogenated alkanes) is 1. The van der Waals surface area contributed by atoms with E-state index in [1.54, 1.807) is 0 Å². The highest BCUT2D eigenvalue weighted by atomic mass is 16.6. The van der Waals surface area contributed by atoms with Crippen molar-refractivity contribution in [2.24, 2.45) is 0 Å². The summed E-state index contributed by atoms with van der Waals surface area (Å²) in [6, 6.07) is 17.1. The standard InChI is InChI=1S/C21H22N2O4/c1-25-21(24)19(16-9-3-2-4-10-16)26-13-7-8-14-27-20-17-11-5-6-12-18(17)22-15-23-20/h2-6,9-12,15,19H,7-8,13-14H2,1H3. The van der Waals surface area contributed by atoms with Gasteiger partial charge in [-0.3, -0.25) is 0 Å². The molecule has 0 saturated carbocycles. The van der Waals surface area contributed by atoms with Gasteiger partial charge >= 0.3 is 5.97 Å². The molecule has 6 nitrogen and oxygen atoms in total. The smallest absolute Gasteiger partial charge is 0.339 e. The Morgan fingerprint density at radius 2 is 1.70 bits per heavy atom. The molecule has 27 heavy (non-hydrogen) atoms. The second kappa shape index (κ2) is 9.64. The van der Waals surface area contributed by atoms with Gasteiger partial charge in [0.2, 0.25) is 5.88 Å². The van der Waals surface area contributed by atoms with E-state index in [0.717, 1.165) is 29.3 Å². The Kier molecular flexibility index (Phi) is 6.71. The van der Waals surface area contributed by atoms with Crippen LogP contribution in [0.15, 0.2) is 60.9 Å². The number of carbonyl (C=O) groups is 1. The Morgan fingerprint density at radius 3 is 2.52 bits per heavy atom. The highest BCUT2D eigenvalue weighted by Crippen LogP contribution is 2.21. The van der Waals surface area contributed by atoms with E-state index in [-0.39, 0.29) is 0 Å². The summed E-state index contributed by atoms with van der Waals surface area (Å²) in [5, 5.41) is 0.895. The van der Waals surface area contributed by atoms with Crippen molar-refractivity contribution in [1.82, 2.24) is 9.97 Å². The lowest BCUT2D eigenvalue weighted by Crippen LogP contribution is -2.18. The van der Waals surface area contributed by atoms with Crippen LogP contribution < -0.4 is 4.74 Å². The van der Waals surface area contributed by atoms with Crippen LogP contribution in [0.4, 0.5) is 0 Å². The molecule has 1 atom stereocenters. The minimum absolute atomic E-state index is 0.398. The lowest BCUT2D eigenvalue weighted by molar-refractivity contribution is -0.154. The normalized spacial score (nSPS) is 11.9. The van der Waals surface area contributed by atoms with Gasteiger partial charge in [0.05, 0.1) is 24.6 Å². The molecular weight excluding hydrogens is 344 g/mol. The Labute approximate surface area is 158 Å². The SMILES string of the molecule is COC(=O)C(OCCCCOc1ncnc2ccccc12)c1ccccc1. The van der Waals surface area contributed by atoms with E-state index < -0.39 is 12.1 Å². The lowest BCUT2D eigenvalue weighted by Gasteiger charge is -2.16. The molecular formula is C21H22N2O4. The fraction of sp³-hybridized carbons (Fsp3) is 0.286. The number of aromatic nitrogens is 2. The lowest BCUT2D eigenvalue weighted by atomic mass is 10.1. The quantitative estimate of drug-likeness (QED) is 0.425. The van der Waals surface area contributed by atoms with Gasteiger partial charge in [-0.1, -0.05) is 42.5 Å². The van der Waals surface area contributed by atoms with Crippen molar-refractivity contribution in [3.8, 4) is 5.88 Å². The molecule has 0 aliphatic rings. The zero-order valence-corrected chi connectivity index (χ0v) is 15.2. The van der Waals surface area contributed by atoms with E-state index in [2.05, 4.69) is 9.97 Å². The molecule has 3 aromatic rings. The number of fused-ring (bicyclic) bond motifs is 1. The molecule has 0 fully saturated rings. The van der Waals surface area contributed by atoms with Crippen molar-refractivity contribution in [2.45, 2.75) is 18.9 Å². The van der Waals surface area contributed by atoms with Crippen molar-refractivity contribution < 1.29 is 19.0 Å². The van der Waals surface area contributed by atoms with E-state index in [4.69, 9.17) is 14.2 Å². The third-order valence-corrected chi connectivity index (χ3v) is 4.09. The predicted octanol–water partition coefficient (Wildman–Crippen LogP) is 3.72. The second-order valence-corrected chi connectivity index (χ2v) is 5.94. The highest BCUT2D eigenvalue weighted by Gasteiger charge is 2.21. The van der Waals surface area contributed by atoms with E-state index in [1.807, 2.05) is 54.6 Å². The summed E-state index contributed by atoms with van der Waals surface area (Å²) >= 11 is 0. The molecule has 140 valence electrons.